The molecule has 1 fully saturated rings. The Labute approximate surface area is 327 Å². The number of carbonyl (C=O) groups is 5. The van der Waals surface area contributed by atoms with Crippen LogP contribution >= 0.6 is 0 Å². The van der Waals surface area contributed by atoms with Gasteiger partial charge in [0.25, 0.3) is 0 Å². The summed E-state index contributed by atoms with van der Waals surface area (Å²) in [6, 6.07) is 0. The first kappa shape index (κ1) is 47.6. The molecule has 3 rings (SSSR count). The number of hydrogen-bond donors (Lipinski definition) is 0. The van der Waals surface area contributed by atoms with Crippen molar-refractivity contribution in [2.24, 2.45) is 0 Å². The van der Waals surface area contributed by atoms with Crippen LogP contribution in [0.1, 0.15) is 86.5 Å². The van der Waals surface area contributed by atoms with Crippen molar-refractivity contribution in [2.75, 3.05) is 14.2 Å². The van der Waals surface area contributed by atoms with Gasteiger partial charge in [-0.15, -0.1) is 0 Å². The lowest BCUT2D eigenvalue weighted by Crippen LogP contribution is -2.44. The maximum Gasteiger partial charge on any atom is 0.330 e. The number of allylic oxidation sites excluding steroid dienone is 2. The maximum absolute atomic E-state index is 12.8. The van der Waals surface area contributed by atoms with Crippen molar-refractivity contribution in [2.45, 2.75) is 166 Å². The Balaban J connectivity index is 0.000000378. The zero-order chi connectivity index (χ0) is 41.5. The quantitative estimate of drug-likeness (QED) is 0.0647. The molecule has 0 N–H and O–H groups in total. The van der Waals surface area contributed by atoms with Gasteiger partial charge in [-0.05, 0) is 66.8 Å². The third kappa shape index (κ3) is 13.3. The fourth-order valence-corrected chi connectivity index (χ4v) is 10.8. The molecule has 0 aromatic carbocycles. The zero-order valence-corrected chi connectivity index (χ0v) is 38.7. The molecule has 1 heterocycles. The van der Waals surface area contributed by atoms with E-state index in [4.69, 9.17) is 13.6 Å². The van der Waals surface area contributed by atoms with Crippen molar-refractivity contribution in [3.8, 4) is 0 Å². The molecule has 54 heavy (non-hydrogen) atoms. The largest absolute Gasteiger partial charge is 0.466 e. The van der Waals surface area contributed by atoms with E-state index in [1.165, 1.54) is 26.4 Å². The first-order valence-corrected chi connectivity index (χ1v) is 28.4. The minimum Gasteiger partial charge on any atom is -0.466 e. The second kappa shape index (κ2) is 18.6. The minimum absolute atomic E-state index is 0.00200. The molecule has 10 nitrogen and oxygen atoms in total. The smallest absolute Gasteiger partial charge is 0.330 e. The predicted molar refractivity (Wildman–Crippen MR) is 221 cm³/mol. The molecule has 0 aromatic heterocycles. The van der Waals surface area contributed by atoms with Gasteiger partial charge in [0.1, 0.15) is 5.78 Å². The average Bonchev–Trinajstić information content (AvgIpc) is 3.49. The van der Waals surface area contributed by atoms with Crippen LogP contribution in [0, 0.1) is 0 Å². The summed E-state index contributed by atoms with van der Waals surface area (Å²) in [5, 5.41) is -0.0713. The Kier molecular flexibility index (Phi) is 16.4. The number of carbonyl (C=O) groups excluding carboxylic acids is 5. The fourth-order valence-electron chi connectivity index (χ4n) is 5.93. The molecule has 0 saturated carbocycles. The molecule has 1 aliphatic heterocycles. The molecular weight excluding hydrogens is 737 g/mol. The van der Waals surface area contributed by atoms with Crippen LogP contribution in [0.25, 0.3) is 0 Å². The Hall–Kier alpha value is -2.56. The van der Waals surface area contributed by atoms with E-state index in [9.17, 15) is 24.0 Å². The summed E-state index contributed by atoms with van der Waals surface area (Å²) in [6.07, 6.45) is 12.7. The lowest BCUT2D eigenvalue weighted by molar-refractivity contribution is -0.135. The fraction of sp³-hybridized carbons (Fsp3) is 0.683. The monoisotopic (exact) mass is 804 g/mol. The van der Waals surface area contributed by atoms with Gasteiger partial charge < -0.3 is 23.1 Å². The molecule has 3 aliphatic rings. The molecule has 13 heteroatoms. The van der Waals surface area contributed by atoms with Crippen molar-refractivity contribution < 1.29 is 47.0 Å². The molecule has 0 radical (unpaired) electrons. The van der Waals surface area contributed by atoms with Crippen LogP contribution < -0.4 is 0 Å². The maximum atomic E-state index is 12.8. The average molecular weight is 805 g/mol. The van der Waals surface area contributed by atoms with E-state index < -0.39 is 30.7 Å². The van der Waals surface area contributed by atoms with Gasteiger partial charge in [-0.3, -0.25) is 14.4 Å². The summed E-state index contributed by atoms with van der Waals surface area (Å²) in [4.78, 5) is 59.2. The first-order valence-electron chi connectivity index (χ1n) is 19.1. The van der Waals surface area contributed by atoms with Gasteiger partial charge in [0.05, 0.1) is 45.8 Å². The molecule has 0 amide bonds. The zero-order valence-electron chi connectivity index (χ0n) is 35.7. The van der Waals surface area contributed by atoms with Crippen molar-refractivity contribution in [3.63, 3.8) is 0 Å². The van der Waals surface area contributed by atoms with Crippen molar-refractivity contribution in [1.82, 2.24) is 0 Å². The van der Waals surface area contributed by atoms with E-state index in [0.29, 0.717) is 44.1 Å². The molecule has 0 bridgehead atoms. The highest BCUT2D eigenvalue weighted by Crippen LogP contribution is 2.51. The number of methoxy groups -OCH3 is 2. The van der Waals surface area contributed by atoms with Crippen molar-refractivity contribution >= 4 is 54.0 Å². The van der Waals surface area contributed by atoms with E-state index in [-0.39, 0.29) is 63.4 Å². The molecule has 2 aliphatic carbocycles. The van der Waals surface area contributed by atoms with Gasteiger partial charge in [-0.25, -0.2) is 9.59 Å². The molecule has 1 saturated heterocycles. The SMILES string of the molecule is COC(=O)/C=C/CC1OC1(CC1=CC(O[Si](C)(C)C(C)(C)C)CC1=O)[Si](C)(C)C.COC(=O)/C=C/CCC(=O)CC1=CC(O[Si](C)(C)C(C)(C)C)CC1=O. The number of esters is 2. The van der Waals surface area contributed by atoms with Gasteiger partial charge in [-0.2, -0.15) is 0 Å². The Morgan fingerprint density at radius 1 is 0.759 bits per heavy atom. The molecule has 0 spiro atoms. The van der Waals surface area contributed by atoms with E-state index in [1.54, 1.807) is 6.08 Å². The van der Waals surface area contributed by atoms with Crippen LogP contribution in [-0.2, 0) is 47.0 Å². The van der Waals surface area contributed by atoms with Crippen molar-refractivity contribution in [3.05, 3.63) is 47.6 Å². The van der Waals surface area contributed by atoms with Crippen molar-refractivity contribution in [1.29, 1.82) is 0 Å². The van der Waals surface area contributed by atoms with Gasteiger partial charge in [0.15, 0.2) is 28.2 Å². The van der Waals surface area contributed by atoms with Crippen LogP contribution in [0.15, 0.2) is 47.6 Å². The third-order valence-electron chi connectivity index (χ3n) is 11.5. The van der Waals surface area contributed by atoms with E-state index in [2.05, 4.69) is 96.8 Å². The standard InChI is InChI=1S/C22H38O5Si2.C19H30O5Si/c1-21(2,3)29(8,9)27-17-13-16(18(23)14-17)15-22(28(5,6)7)19(26-22)11-10-12-20(24)25-4;1-19(2,3)25(5,6)24-16-12-14(17(21)13-16)11-15(20)9-7-8-10-18(22)23-4/h10,12-13,17,19H,11,14-15H2,1-9H3;8,10,12,16H,7,9,11,13H2,1-6H3/b12-10+;10-8+. The topological polar surface area (TPSA) is 135 Å². The second-order valence-electron chi connectivity index (χ2n) is 18.7. The Bertz CT molecular complexity index is 1520. The minimum atomic E-state index is -1.94. The molecule has 4 unspecified atom stereocenters. The highest BCUT2D eigenvalue weighted by Gasteiger charge is 2.63. The van der Waals surface area contributed by atoms with Crippen LogP contribution in [0.2, 0.25) is 55.9 Å². The number of hydrogen-bond acceptors (Lipinski definition) is 10. The lowest BCUT2D eigenvalue weighted by atomic mass is 10.0. The Morgan fingerprint density at radius 2 is 1.20 bits per heavy atom. The highest BCUT2D eigenvalue weighted by atomic mass is 28.4. The van der Waals surface area contributed by atoms with Crippen LogP contribution in [0.5, 0.6) is 0 Å². The molecule has 0 aromatic rings. The molecule has 4 atom stereocenters. The number of rotatable bonds is 16. The predicted octanol–water partition coefficient (Wildman–Crippen LogP) is 8.55. The van der Waals surface area contributed by atoms with Gasteiger partial charge in [0, 0.05) is 49.8 Å². The number of ketones is 3. The normalized spacial score (nSPS) is 23.6. The second-order valence-corrected chi connectivity index (χ2v) is 33.6. The van der Waals surface area contributed by atoms with E-state index >= 15 is 0 Å². The highest BCUT2D eigenvalue weighted by molar-refractivity contribution is 6.80. The van der Waals surface area contributed by atoms with Gasteiger partial charge in [0.2, 0.25) is 0 Å². The van der Waals surface area contributed by atoms with Crippen LogP contribution in [-0.4, -0.2) is 91.8 Å². The van der Waals surface area contributed by atoms with Crippen LogP contribution in [0.4, 0.5) is 0 Å². The first-order chi connectivity index (χ1) is 24.6. The number of epoxide rings is 1. The van der Waals surface area contributed by atoms with E-state index in [0.717, 1.165) is 5.57 Å². The summed E-state index contributed by atoms with van der Waals surface area (Å²) >= 11 is 0. The lowest BCUT2D eigenvalue weighted by Gasteiger charge is -2.37. The third-order valence-corrected chi connectivity index (χ3v) is 23.7. The summed E-state index contributed by atoms with van der Waals surface area (Å²) < 4.78 is 28.1. The molecular formula is C41H68O10Si3. The molecule has 304 valence electrons. The number of ether oxygens (including phenoxy) is 3. The summed E-state index contributed by atoms with van der Waals surface area (Å²) in [6.45, 7) is 28.7. The van der Waals surface area contributed by atoms with Gasteiger partial charge in [-0.1, -0.05) is 73.3 Å². The van der Waals surface area contributed by atoms with Gasteiger partial charge >= 0.3 is 11.9 Å². The Morgan fingerprint density at radius 3 is 1.65 bits per heavy atom. The number of Topliss-reactive ketones (excluding diaryl/α,β-unsaturated/α-hetero) is 3. The summed E-state index contributed by atoms with van der Waals surface area (Å²) in [5.74, 6) is -0.620. The summed E-state index contributed by atoms with van der Waals surface area (Å²) in [5.41, 5.74) is 1.42. The van der Waals surface area contributed by atoms with E-state index in [1.807, 2.05) is 18.2 Å². The van der Waals surface area contributed by atoms with Crippen LogP contribution in [0.3, 0.4) is 0 Å². The summed E-state index contributed by atoms with van der Waals surface area (Å²) in [7, 11) is -2.91.